The van der Waals surface area contributed by atoms with Crippen LogP contribution in [0.4, 0.5) is 5.82 Å². The molecule has 134 valence electrons. The third-order valence-electron chi connectivity index (χ3n) is 4.25. The van der Waals surface area contributed by atoms with Crippen LogP contribution in [-0.4, -0.2) is 10.5 Å². The number of amides is 1. The lowest BCUT2D eigenvalue weighted by atomic mass is 10.0. The number of carbonyl (C=O) groups excluding carboxylic acids is 1. The van der Waals surface area contributed by atoms with Crippen LogP contribution in [0, 0.1) is 0 Å². The molecule has 0 bridgehead atoms. The molecule has 0 atom stereocenters. The van der Waals surface area contributed by atoms with Gasteiger partial charge in [0.25, 0.3) is 0 Å². The molecule has 1 aromatic heterocycles. The van der Waals surface area contributed by atoms with Gasteiger partial charge in [0, 0.05) is 18.9 Å². The van der Waals surface area contributed by atoms with Crippen molar-refractivity contribution in [2.45, 2.75) is 19.8 Å². The van der Waals surface area contributed by atoms with Crippen LogP contribution in [-0.2, 0) is 11.8 Å². The predicted octanol–water partition coefficient (Wildman–Crippen LogP) is 5.25. The number of aryl methyl sites for hydroxylation is 1. The standard InChI is InChI=1S/C20H18Cl2N2O2/c1-3-6-17(25)23-20-18(12-9-10-14(21)15(22)11-12)19(26)13-7-4-5-8-16(13)24(20)2/h4-5,7-11H,3,6H2,1-2H3,(H,23,25). The highest BCUT2D eigenvalue weighted by atomic mass is 35.5. The largest absolute Gasteiger partial charge is 0.330 e. The van der Waals surface area contributed by atoms with E-state index in [9.17, 15) is 9.59 Å². The fourth-order valence-electron chi connectivity index (χ4n) is 2.98. The number of hydrogen-bond acceptors (Lipinski definition) is 2. The molecule has 4 nitrogen and oxygen atoms in total. The number of benzene rings is 2. The monoisotopic (exact) mass is 388 g/mol. The molecule has 1 heterocycles. The van der Waals surface area contributed by atoms with Crippen LogP contribution in [0.25, 0.3) is 22.0 Å². The van der Waals surface area contributed by atoms with Gasteiger partial charge in [-0.15, -0.1) is 0 Å². The molecule has 0 aliphatic heterocycles. The van der Waals surface area contributed by atoms with Gasteiger partial charge in [-0.3, -0.25) is 9.59 Å². The molecule has 0 fully saturated rings. The van der Waals surface area contributed by atoms with E-state index in [0.29, 0.717) is 38.8 Å². The zero-order valence-electron chi connectivity index (χ0n) is 14.5. The molecule has 1 amide bonds. The number of halogens is 2. The van der Waals surface area contributed by atoms with Gasteiger partial charge in [-0.25, -0.2) is 0 Å². The highest BCUT2D eigenvalue weighted by Gasteiger charge is 2.19. The van der Waals surface area contributed by atoms with Crippen molar-refractivity contribution in [3.63, 3.8) is 0 Å². The van der Waals surface area contributed by atoms with Crippen LogP contribution in [0.3, 0.4) is 0 Å². The third kappa shape index (κ3) is 3.35. The van der Waals surface area contributed by atoms with Crippen molar-refractivity contribution in [1.82, 2.24) is 4.57 Å². The summed E-state index contributed by atoms with van der Waals surface area (Å²) in [7, 11) is 1.82. The maximum Gasteiger partial charge on any atom is 0.225 e. The summed E-state index contributed by atoms with van der Waals surface area (Å²) in [6.45, 7) is 1.93. The summed E-state index contributed by atoms with van der Waals surface area (Å²) in [5.74, 6) is 0.310. The molecule has 0 spiro atoms. The molecular weight excluding hydrogens is 371 g/mol. The van der Waals surface area contributed by atoms with Gasteiger partial charge in [-0.05, 0) is 36.2 Å². The van der Waals surface area contributed by atoms with E-state index < -0.39 is 0 Å². The second-order valence-electron chi connectivity index (χ2n) is 6.06. The SMILES string of the molecule is CCCC(=O)Nc1c(-c2ccc(Cl)c(Cl)c2)c(=O)c2ccccc2n1C. The van der Waals surface area contributed by atoms with Gasteiger partial charge in [0.1, 0.15) is 5.82 Å². The van der Waals surface area contributed by atoms with Crippen molar-refractivity contribution in [2.24, 2.45) is 7.05 Å². The summed E-state index contributed by atoms with van der Waals surface area (Å²) in [4.78, 5) is 25.4. The number of carbonyl (C=O) groups is 1. The first-order valence-corrected chi connectivity index (χ1v) is 9.06. The number of anilines is 1. The fourth-order valence-corrected chi connectivity index (χ4v) is 3.27. The zero-order chi connectivity index (χ0) is 18.8. The number of aromatic nitrogens is 1. The Morgan fingerprint density at radius 3 is 2.54 bits per heavy atom. The molecule has 3 rings (SSSR count). The highest BCUT2D eigenvalue weighted by Crippen LogP contribution is 2.32. The smallest absolute Gasteiger partial charge is 0.225 e. The average Bonchev–Trinajstić information content (AvgIpc) is 2.62. The summed E-state index contributed by atoms with van der Waals surface area (Å²) < 4.78 is 1.82. The van der Waals surface area contributed by atoms with Crippen LogP contribution in [0.5, 0.6) is 0 Å². The van der Waals surface area contributed by atoms with Crippen molar-refractivity contribution in [1.29, 1.82) is 0 Å². The van der Waals surface area contributed by atoms with Crippen LogP contribution in [0.1, 0.15) is 19.8 Å². The third-order valence-corrected chi connectivity index (χ3v) is 4.99. The minimum atomic E-state index is -0.163. The van der Waals surface area contributed by atoms with Crippen molar-refractivity contribution >= 4 is 45.8 Å². The van der Waals surface area contributed by atoms with Gasteiger partial charge in [0.15, 0.2) is 5.43 Å². The minimum absolute atomic E-state index is 0.140. The number of hydrogen-bond donors (Lipinski definition) is 1. The Kier molecular flexibility index (Phi) is 5.35. The van der Waals surface area contributed by atoms with Crippen molar-refractivity contribution in [3.05, 3.63) is 62.7 Å². The number of nitrogens with one attached hydrogen (secondary N) is 1. The maximum absolute atomic E-state index is 13.2. The second-order valence-corrected chi connectivity index (χ2v) is 6.87. The van der Waals surface area contributed by atoms with Gasteiger partial charge in [0.2, 0.25) is 5.91 Å². The number of nitrogens with zero attached hydrogens (tertiary/aromatic N) is 1. The van der Waals surface area contributed by atoms with Gasteiger partial charge in [-0.1, -0.05) is 48.3 Å². The molecular formula is C20H18Cl2N2O2. The average molecular weight is 389 g/mol. The Morgan fingerprint density at radius 1 is 1.12 bits per heavy atom. The van der Waals surface area contributed by atoms with Crippen molar-refractivity contribution < 1.29 is 4.79 Å². The van der Waals surface area contributed by atoms with E-state index in [-0.39, 0.29) is 11.3 Å². The quantitative estimate of drug-likeness (QED) is 0.663. The first kappa shape index (κ1) is 18.5. The molecule has 0 radical (unpaired) electrons. The van der Waals surface area contributed by atoms with Crippen LogP contribution < -0.4 is 10.7 Å². The summed E-state index contributed by atoms with van der Waals surface area (Å²) in [5.41, 5.74) is 1.59. The Hall–Kier alpha value is -2.30. The van der Waals surface area contributed by atoms with E-state index in [1.54, 1.807) is 24.3 Å². The Morgan fingerprint density at radius 2 is 1.85 bits per heavy atom. The van der Waals surface area contributed by atoms with E-state index in [1.807, 2.05) is 36.7 Å². The van der Waals surface area contributed by atoms with Gasteiger partial charge in [0.05, 0.1) is 21.1 Å². The molecule has 1 N–H and O–H groups in total. The van der Waals surface area contributed by atoms with E-state index in [2.05, 4.69) is 5.32 Å². The fraction of sp³-hybridized carbons (Fsp3) is 0.200. The molecule has 0 aliphatic rings. The maximum atomic E-state index is 13.2. The summed E-state index contributed by atoms with van der Waals surface area (Å²) in [6, 6.07) is 12.3. The van der Waals surface area contributed by atoms with Gasteiger partial charge in [-0.2, -0.15) is 0 Å². The van der Waals surface area contributed by atoms with Crippen LogP contribution >= 0.6 is 23.2 Å². The first-order valence-electron chi connectivity index (χ1n) is 8.31. The summed E-state index contributed by atoms with van der Waals surface area (Å²) in [5, 5.41) is 4.23. The van der Waals surface area contributed by atoms with Gasteiger partial charge >= 0.3 is 0 Å². The van der Waals surface area contributed by atoms with Crippen LogP contribution in [0.2, 0.25) is 10.0 Å². The lowest BCUT2D eigenvalue weighted by molar-refractivity contribution is -0.116. The van der Waals surface area contributed by atoms with Crippen molar-refractivity contribution in [3.8, 4) is 11.1 Å². The van der Waals surface area contributed by atoms with Crippen molar-refractivity contribution in [2.75, 3.05) is 5.32 Å². The second kappa shape index (κ2) is 7.52. The Bertz CT molecular complexity index is 1060. The zero-order valence-corrected chi connectivity index (χ0v) is 16.0. The van der Waals surface area contributed by atoms with E-state index >= 15 is 0 Å². The Labute approximate surface area is 161 Å². The number of pyridine rings is 1. The number of para-hydroxylation sites is 1. The molecule has 6 heteroatoms. The molecule has 0 saturated carbocycles. The summed E-state index contributed by atoms with van der Waals surface area (Å²) in [6.07, 6.45) is 1.09. The summed E-state index contributed by atoms with van der Waals surface area (Å²) >= 11 is 12.2. The molecule has 2 aromatic carbocycles. The normalized spacial score (nSPS) is 10.9. The molecule has 0 unspecified atom stereocenters. The van der Waals surface area contributed by atoms with Crippen LogP contribution in [0.15, 0.2) is 47.3 Å². The number of rotatable bonds is 4. The minimum Gasteiger partial charge on any atom is -0.330 e. The molecule has 26 heavy (non-hydrogen) atoms. The lowest BCUT2D eigenvalue weighted by Gasteiger charge is -2.18. The number of fused-ring (bicyclic) bond motifs is 1. The van der Waals surface area contributed by atoms with E-state index in [4.69, 9.17) is 23.2 Å². The van der Waals surface area contributed by atoms with E-state index in [1.165, 1.54) is 0 Å². The molecule has 0 aliphatic carbocycles. The first-order chi connectivity index (χ1) is 12.4. The van der Waals surface area contributed by atoms with Gasteiger partial charge < -0.3 is 9.88 Å². The molecule has 3 aromatic rings. The predicted molar refractivity (Wildman–Crippen MR) is 108 cm³/mol. The lowest BCUT2D eigenvalue weighted by Crippen LogP contribution is -2.21. The topological polar surface area (TPSA) is 51.1 Å². The molecule has 0 saturated heterocycles. The van der Waals surface area contributed by atoms with E-state index in [0.717, 1.165) is 11.9 Å². The Balaban J connectivity index is 2.34. The highest BCUT2D eigenvalue weighted by molar-refractivity contribution is 6.42.